The van der Waals surface area contributed by atoms with Crippen LogP contribution in [0.3, 0.4) is 0 Å². The molecule has 0 aromatic carbocycles. The quantitative estimate of drug-likeness (QED) is 0.671. The van der Waals surface area contributed by atoms with Crippen LogP contribution in [0, 0.1) is 0 Å². The van der Waals surface area contributed by atoms with E-state index in [1.54, 1.807) is 0 Å². The second-order valence-electron chi connectivity index (χ2n) is 3.53. The van der Waals surface area contributed by atoms with Gasteiger partial charge in [0.05, 0.1) is 0 Å². The Hall–Kier alpha value is -0.890. The van der Waals surface area contributed by atoms with Crippen LogP contribution in [0.5, 0.6) is 0 Å². The van der Waals surface area contributed by atoms with E-state index in [0.29, 0.717) is 0 Å². The summed E-state index contributed by atoms with van der Waals surface area (Å²) in [6.45, 7) is 4.48. The maximum atomic E-state index is 4.29. The van der Waals surface area contributed by atoms with Crippen molar-refractivity contribution < 1.29 is 0 Å². The Kier molecular flexibility index (Phi) is 6.00. The number of nitrogens with zero attached hydrogens (tertiary/aromatic N) is 1. The average Bonchev–Trinajstić information content (AvgIpc) is 2.25. The molecular formula is C12H20N2. The third kappa shape index (κ3) is 4.97. The molecule has 0 aliphatic heterocycles. The summed E-state index contributed by atoms with van der Waals surface area (Å²) in [6.07, 6.45) is 6.67. The highest BCUT2D eigenvalue weighted by molar-refractivity contribution is 5.03. The SMILES string of the molecule is CCCNCCCCc1ccccn1. The predicted octanol–water partition coefficient (Wildman–Crippen LogP) is 2.40. The van der Waals surface area contributed by atoms with Crippen molar-refractivity contribution in [1.29, 1.82) is 0 Å². The molecule has 1 aromatic rings. The lowest BCUT2D eigenvalue weighted by atomic mass is 10.2. The first-order valence-electron chi connectivity index (χ1n) is 5.54. The molecule has 0 aliphatic carbocycles. The first-order valence-corrected chi connectivity index (χ1v) is 5.54. The zero-order valence-corrected chi connectivity index (χ0v) is 9.00. The Morgan fingerprint density at radius 1 is 1.21 bits per heavy atom. The van der Waals surface area contributed by atoms with E-state index >= 15 is 0 Å². The van der Waals surface area contributed by atoms with Gasteiger partial charge in [-0.3, -0.25) is 4.98 Å². The lowest BCUT2D eigenvalue weighted by Crippen LogP contribution is -2.15. The normalized spacial score (nSPS) is 10.4. The maximum absolute atomic E-state index is 4.29. The van der Waals surface area contributed by atoms with Gasteiger partial charge in [0.2, 0.25) is 0 Å². The topological polar surface area (TPSA) is 24.9 Å². The van der Waals surface area contributed by atoms with E-state index in [-0.39, 0.29) is 0 Å². The summed E-state index contributed by atoms with van der Waals surface area (Å²) in [6, 6.07) is 6.11. The van der Waals surface area contributed by atoms with E-state index in [1.165, 1.54) is 25.0 Å². The molecule has 14 heavy (non-hydrogen) atoms. The van der Waals surface area contributed by atoms with Gasteiger partial charge in [0.15, 0.2) is 0 Å². The second-order valence-corrected chi connectivity index (χ2v) is 3.53. The predicted molar refractivity (Wildman–Crippen MR) is 60.3 cm³/mol. The molecule has 0 amide bonds. The molecule has 0 saturated heterocycles. The largest absolute Gasteiger partial charge is 0.317 e. The fraction of sp³-hybridized carbons (Fsp3) is 0.583. The summed E-state index contributed by atoms with van der Waals surface area (Å²) < 4.78 is 0. The molecule has 2 heteroatoms. The number of pyridine rings is 1. The van der Waals surface area contributed by atoms with Gasteiger partial charge in [-0.2, -0.15) is 0 Å². The van der Waals surface area contributed by atoms with Gasteiger partial charge in [-0.15, -0.1) is 0 Å². The van der Waals surface area contributed by atoms with Gasteiger partial charge < -0.3 is 5.32 Å². The second kappa shape index (κ2) is 7.51. The van der Waals surface area contributed by atoms with E-state index in [0.717, 1.165) is 19.5 Å². The van der Waals surface area contributed by atoms with Gasteiger partial charge in [0.25, 0.3) is 0 Å². The van der Waals surface area contributed by atoms with Crippen molar-refractivity contribution in [2.24, 2.45) is 0 Å². The lowest BCUT2D eigenvalue weighted by Gasteiger charge is -2.02. The zero-order chi connectivity index (χ0) is 10.1. The minimum atomic E-state index is 1.11. The van der Waals surface area contributed by atoms with Crippen molar-refractivity contribution in [3.8, 4) is 0 Å². The number of rotatable bonds is 7. The number of nitrogens with one attached hydrogen (secondary N) is 1. The molecule has 1 rings (SSSR count). The standard InChI is InChI=1S/C12H20N2/c1-2-9-13-10-5-3-7-12-8-4-6-11-14-12/h4,6,8,11,13H,2-3,5,7,9-10H2,1H3. The van der Waals surface area contributed by atoms with Crippen LogP contribution in [0.2, 0.25) is 0 Å². The molecule has 0 unspecified atom stereocenters. The minimum Gasteiger partial charge on any atom is -0.317 e. The van der Waals surface area contributed by atoms with E-state index < -0.39 is 0 Å². The van der Waals surface area contributed by atoms with Crippen LogP contribution in [-0.2, 0) is 6.42 Å². The van der Waals surface area contributed by atoms with Crippen LogP contribution >= 0.6 is 0 Å². The molecule has 2 nitrogen and oxygen atoms in total. The molecular weight excluding hydrogens is 172 g/mol. The molecule has 0 atom stereocenters. The molecule has 0 fully saturated rings. The highest BCUT2D eigenvalue weighted by atomic mass is 14.8. The third-order valence-corrected chi connectivity index (χ3v) is 2.19. The maximum Gasteiger partial charge on any atom is 0.0403 e. The molecule has 0 bridgehead atoms. The molecule has 78 valence electrons. The Morgan fingerprint density at radius 2 is 2.14 bits per heavy atom. The van der Waals surface area contributed by atoms with Gasteiger partial charge in [-0.1, -0.05) is 13.0 Å². The van der Waals surface area contributed by atoms with Crippen LogP contribution in [-0.4, -0.2) is 18.1 Å². The Balaban J connectivity index is 1.99. The summed E-state index contributed by atoms with van der Waals surface area (Å²) in [7, 11) is 0. The summed E-state index contributed by atoms with van der Waals surface area (Å²) in [5, 5.41) is 3.40. The van der Waals surface area contributed by atoms with Crippen LogP contribution < -0.4 is 5.32 Å². The van der Waals surface area contributed by atoms with E-state index in [2.05, 4.69) is 29.4 Å². The lowest BCUT2D eigenvalue weighted by molar-refractivity contribution is 0.614. The highest BCUT2D eigenvalue weighted by Crippen LogP contribution is 2.00. The van der Waals surface area contributed by atoms with Crippen LogP contribution in [0.25, 0.3) is 0 Å². The smallest absolute Gasteiger partial charge is 0.0403 e. The number of hydrogen-bond donors (Lipinski definition) is 1. The fourth-order valence-corrected chi connectivity index (χ4v) is 1.40. The number of aromatic nitrogens is 1. The van der Waals surface area contributed by atoms with E-state index in [4.69, 9.17) is 0 Å². The summed E-state index contributed by atoms with van der Waals surface area (Å²) in [5.74, 6) is 0. The van der Waals surface area contributed by atoms with Gasteiger partial charge in [-0.05, 0) is 50.9 Å². The van der Waals surface area contributed by atoms with Crippen LogP contribution in [0.15, 0.2) is 24.4 Å². The summed E-state index contributed by atoms with van der Waals surface area (Å²) in [5.41, 5.74) is 1.21. The van der Waals surface area contributed by atoms with Crippen LogP contribution in [0.1, 0.15) is 31.9 Å². The zero-order valence-electron chi connectivity index (χ0n) is 9.00. The van der Waals surface area contributed by atoms with Crippen molar-refractivity contribution in [2.75, 3.05) is 13.1 Å². The molecule has 1 heterocycles. The summed E-state index contributed by atoms with van der Waals surface area (Å²) >= 11 is 0. The number of aryl methyl sites for hydroxylation is 1. The van der Waals surface area contributed by atoms with Gasteiger partial charge in [0, 0.05) is 11.9 Å². The van der Waals surface area contributed by atoms with E-state index in [1.807, 2.05) is 12.3 Å². The van der Waals surface area contributed by atoms with Crippen molar-refractivity contribution in [3.63, 3.8) is 0 Å². The molecule has 1 N–H and O–H groups in total. The minimum absolute atomic E-state index is 1.11. The van der Waals surface area contributed by atoms with Crippen molar-refractivity contribution in [1.82, 2.24) is 10.3 Å². The molecule has 0 radical (unpaired) electrons. The van der Waals surface area contributed by atoms with Gasteiger partial charge in [0.1, 0.15) is 0 Å². The van der Waals surface area contributed by atoms with E-state index in [9.17, 15) is 0 Å². The van der Waals surface area contributed by atoms with Gasteiger partial charge in [-0.25, -0.2) is 0 Å². The Morgan fingerprint density at radius 3 is 2.86 bits per heavy atom. The molecule has 1 aromatic heterocycles. The average molecular weight is 192 g/mol. The monoisotopic (exact) mass is 192 g/mol. The van der Waals surface area contributed by atoms with Crippen molar-refractivity contribution in [2.45, 2.75) is 32.6 Å². The van der Waals surface area contributed by atoms with Crippen molar-refractivity contribution >= 4 is 0 Å². The first kappa shape index (κ1) is 11.2. The highest BCUT2D eigenvalue weighted by Gasteiger charge is 1.92. The summed E-state index contributed by atoms with van der Waals surface area (Å²) in [4.78, 5) is 4.29. The third-order valence-electron chi connectivity index (χ3n) is 2.19. The fourth-order valence-electron chi connectivity index (χ4n) is 1.40. The van der Waals surface area contributed by atoms with Gasteiger partial charge >= 0.3 is 0 Å². The Bertz CT molecular complexity index is 221. The molecule has 0 aliphatic rings. The number of unbranched alkanes of at least 4 members (excludes halogenated alkanes) is 1. The first-order chi connectivity index (χ1) is 6.93. The molecule has 0 saturated carbocycles. The Labute approximate surface area is 86.8 Å². The molecule has 0 spiro atoms. The van der Waals surface area contributed by atoms with Crippen molar-refractivity contribution in [3.05, 3.63) is 30.1 Å². The van der Waals surface area contributed by atoms with Crippen LogP contribution in [0.4, 0.5) is 0 Å². The number of hydrogen-bond acceptors (Lipinski definition) is 2.